The lowest BCUT2D eigenvalue weighted by atomic mass is 9.97. The van der Waals surface area contributed by atoms with E-state index in [9.17, 15) is 0 Å². The molecule has 2 heterocycles. The lowest BCUT2D eigenvalue weighted by Crippen LogP contribution is -2.10. The topological polar surface area (TPSA) is 29.5 Å². The minimum Gasteiger partial charge on any atom is -0.456 e. The lowest BCUT2D eigenvalue weighted by Gasteiger charge is -2.27. The first-order valence-electron chi connectivity index (χ1n) is 16.6. The van der Waals surface area contributed by atoms with E-state index < -0.39 is 0 Å². The molecule has 0 unspecified atom stereocenters. The first kappa shape index (κ1) is 27.5. The Morgan fingerprint density at radius 3 is 1.71 bits per heavy atom. The molecule has 0 aliphatic carbocycles. The quantitative estimate of drug-likeness (QED) is 0.190. The van der Waals surface area contributed by atoms with Crippen molar-refractivity contribution < 1.29 is 8.83 Å². The maximum absolute atomic E-state index is 6.37. The summed E-state index contributed by atoms with van der Waals surface area (Å²) >= 11 is 0. The van der Waals surface area contributed by atoms with Crippen LogP contribution in [-0.4, -0.2) is 0 Å². The minimum atomic E-state index is 0.863. The average molecular weight is 628 g/mol. The smallest absolute Gasteiger partial charge is 0.137 e. The highest BCUT2D eigenvalue weighted by Crippen LogP contribution is 2.45. The number of nitrogens with zero attached hydrogens (tertiary/aromatic N) is 1. The maximum atomic E-state index is 6.37. The van der Waals surface area contributed by atoms with E-state index in [-0.39, 0.29) is 0 Å². The van der Waals surface area contributed by atoms with Crippen molar-refractivity contribution in [2.75, 3.05) is 4.90 Å². The molecule has 3 nitrogen and oxygen atoms in total. The standard InChI is InChI=1S/C46H29NO2/c1-2-15-35-30(11-1)12-8-18-36(35)31-25-27-33(28-26-31)47(40-20-10-24-44-46(40)39-17-4-6-22-42(39)49-44)34-14-7-13-32(29-34)37-19-9-23-43-45(37)38-16-3-5-21-41(38)48-43/h1-29H. The number of para-hydroxylation sites is 2. The van der Waals surface area contributed by atoms with Gasteiger partial charge in [-0.25, -0.2) is 0 Å². The second-order valence-electron chi connectivity index (χ2n) is 12.5. The molecule has 0 N–H and O–H groups in total. The fourth-order valence-electron chi connectivity index (χ4n) is 7.46. The summed E-state index contributed by atoms with van der Waals surface area (Å²) in [6.45, 7) is 0. The van der Waals surface area contributed by atoms with Crippen molar-refractivity contribution in [3.05, 3.63) is 176 Å². The van der Waals surface area contributed by atoms with E-state index in [2.05, 4.69) is 157 Å². The van der Waals surface area contributed by atoms with Crippen LogP contribution < -0.4 is 4.90 Å². The molecule has 0 amide bonds. The summed E-state index contributed by atoms with van der Waals surface area (Å²) < 4.78 is 12.6. The highest BCUT2D eigenvalue weighted by atomic mass is 16.3. The fraction of sp³-hybridized carbons (Fsp3) is 0. The van der Waals surface area contributed by atoms with Crippen LogP contribution in [0.5, 0.6) is 0 Å². The first-order valence-corrected chi connectivity index (χ1v) is 16.6. The number of furan rings is 2. The van der Waals surface area contributed by atoms with Gasteiger partial charge in [0.25, 0.3) is 0 Å². The summed E-state index contributed by atoms with van der Waals surface area (Å²) in [7, 11) is 0. The lowest BCUT2D eigenvalue weighted by molar-refractivity contribution is 0.668. The van der Waals surface area contributed by atoms with Crippen LogP contribution in [0.1, 0.15) is 0 Å². The molecule has 0 radical (unpaired) electrons. The van der Waals surface area contributed by atoms with E-state index >= 15 is 0 Å². The Morgan fingerprint density at radius 2 is 0.918 bits per heavy atom. The molecule has 10 aromatic rings. The SMILES string of the molecule is c1cc(-c2cccc3oc4ccccc4c23)cc(N(c2ccc(-c3cccc4ccccc34)cc2)c2cccc3oc4ccccc4c23)c1. The van der Waals surface area contributed by atoms with Crippen molar-refractivity contribution in [1.29, 1.82) is 0 Å². The predicted molar refractivity (Wildman–Crippen MR) is 204 cm³/mol. The first-order chi connectivity index (χ1) is 24.3. The van der Waals surface area contributed by atoms with Gasteiger partial charge >= 0.3 is 0 Å². The highest BCUT2D eigenvalue weighted by molar-refractivity contribution is 6.14. The molecule has 3 heteroatoms. The van der Waals surface area contributed by atoms with Gasteiger partial charge in [0.1, 0.15) is 22.3 Å². The van der Waals surface area contributed by atoms with Crippen LogP contribution in [0.3, 0.4) is 0 Å². The van der Waals surface area contributed by atoms with Crippen LogP contribution in [0.4, 0.5) is 17.1 Å². The molecule has 0 saturated heterocycles. The third kappa shape index (κ3) is 4.44. The Morgan fingerprint density at radius 1 is 0.347 bits per heavy atom. The predicted octanol–water partition coefficient (Wildman–Crippen LogP) is 13.4. The van der Waals surface area contributed by atoms with Crippen LogP contribution >= 0.6 is 0 Å². The summed E-state index contributed by atoms with van der Waals surface area (Å²) in [6, 6.07) is 62.1. The third-order valence-corrected chi connectivity index (χ3v) is 9.67. The summed E-state index contributed by atoms with van der Waals surface area (Å²) in [5.41, 5.74) is 11.4. The van der Waals surface area contributed by atoms with Crippen molar-refractivity contribution in [1.82, 2.24) is 0 Å². The summed E-state index contributed by atoms with van der Waals surface area (Å²) in [5.74, 6) is 0. The summed E-state index contributed by atoms with van der Waals surface area (Å²) in [4.78, 5) is 2.36. The second-order valence-corrected chi connectivity index (χ2v) is 12.5. The second kappa shape index (κ2) is 11.0. The third-order valence-electron chi connectivity index (χ3n) is 9.67. The monoisotopic (exact) mass is 627 g/mol. The summed E-state index contributed by atoms with van der Waals surface area (Å²) in [5, 5.41) is 6.92. The van der Waals surface area contributed by atoms with Crippen molar-refractivity contribution >= 4 is 71.7 Å². The van der Waals surface area contributed by atoms with Crippen LogP contribution in [0.15, 0.2) is 185 Å². The molecular formula is C46H29NO2. The molecule has 8 aromatic carbocycles. The maximum Gasteiger partial charge on any atom is 0.137 e. The molecule has 0 atom stereocenters. The van der Waals surface area contributed by atoms with Gasteiger partial charge in [-0.3, -0.25) is 0 Å². The van der Waals surface area contributed by atoms with E-state index in [0.29, 0.717) is 0 Å². The van der Waals surface area contributed by atoms with Gasteiger partial charge < -0.3 is 13.7 Å². The number of rotatable bonds is 5. The largest absolute Gasteiger partial charge is 0.456 e. The molecule has 10 rings (SSSR count). The van der Waals surface area contributed by atoms with Crippen molar-refractivity contribution in [2.45, 2.75) is 0 Å². The van der Waals surface area contributed by atoms with Crippen molar-refractivity contribution in [3.63, 3.8) is 0 Å². The minimum absolute atomic E-state index is 0.863. The normalized spacial score (nSPS) is 11.7. The van der Waals surface area contributed by atoms with Gasteiger partial charge in [-0.05, 0) is 87.6 Å². The molecule has 2 aromatic heterocycles. The molecule has 0 saturated carbocycles. The number of benzene rings is 8. The number of anilines is 3. The van der Waals surface area contributed by atoms with Gasteiger partial charge in [-0.15, -0.1) is 0 Å². The molecule has 230 valence electrons. The zero-order valence-corrected chi connectivity index (χ0v) is 26.5. The molecule has 0 spiro atoms. The Balaban J connectivity index is 1.18. The molecule has 0 fully saturated rings. The van der Waals surface area contributed by atoms with Crippen molar-refractivity contribution in [3.8, 4) is 22.3 Å². The number of hydrogen-bond donors (Lipinski definition) is 0. The van der Waals surface area contributed by atoms with Gasteiger partial charge in [0.05, 0.1) is 11.1 Å². The van der Waals surface area contributed by atoms with E-state index in [1.807, 2.05) is 24.3 Å². The van der Waals surface area contributed by atoms with Gasteiger partial charge in [0.15, 0.2) is 0 Å². The average Bonchev–Trinajstić information content (AvgIpc) is 3.74. The number of hydrogen-bond acceptors (Lipinski definition) is 3. The van der Waals surface area contributed by atoms with Crippen molar-refractivity contribution in [2.24, 2.45) is 0 Å². The van der Waals surface area contributed by atoms with Crippen LogP contribution in [0, 0.1) is 0 Å². The Kier molecular flexibility index (Phi) is 6.18. The van der Waals surface area contributed by atoms with Crippen LogP contribution in [-0.2, 0) is 0 Å². The molecular weight excluding hydrogens is 599 g/mol. The molecule has 0 bridgehead atoms. The van der Waals surface area contributed by atoms with Gasteiger partial charge in [-0.1, -0.05) is 121 Å². The van der Waals surface area contributed by atoms with Gasteiger partial charge in [0, 0.05) is 27.5 Å². The Hall–Kier alpha value is -6.58. The van der Waals surface area contributed by atoms with Crippen LogP contribution in [0.25, 0.3) is 76.9 Å². The Bertz CT molecular complexity index is 2830. The zero-order chi connectivity index (χ0) is 32.3. The Labute approximate surface area is 282 Å². The zero-order valence-electron chi connectivity index (χ0n) is 26.5. The van der Waals surface area contributed by atoms with Gasteiger partial charge in [-0.2, -0.15) is 0 Å². The fourth-order valence-corrected chi connectivity index (χ4v) is 7.46. The molecule has 0 aliphatic rings. The van der Waals surface area contributed by atoms with Gasteiger partial charge in [0.2, 0.25) is 0 Å². The molecule has 49 heavy (non-hydrogen) atoms. The number of fused-ring (bicyclic) bond motifs is 7. The summed E-state index contributed by atoms with van der Waals surface area (Å²) in [6.07, 6.45) is 0. The van der Waals surface area contributed by atoms with Crippen LogP contribution in [0.2, 0.25) is 0 Å². The van der Waals surface area contributed by atoms with E-state index in [1.165, 1.54) is 21.9 Å². The van der Waals surface area contributed by atoms with E-state index in [1.54, 1.807) is 0 Å². The van der Waals surface area contributed by atoms with E-state index in [0.717, 1.165) is 72.1 Å². The molecule has 0 aliphatic heterocycles. The highest BCUT2D eigenvalue weighted by Gasteiger charge is 2.21. The van der Waals surface area contributed by atoms with E-state index in [4.69, 9.17) is 8.83 Å².